The molecule has 0 saturated carbocycles. The van der Waals surface area contributed by atoms with Gasteiger partial charge in [-0.1, -0.05) is 18.2 Å². The quantitative estimate of drug-likeness (QED) is 0.446. The molecule has 0 aliphatic heterocycles. The first-order valence-electron chi connectivity index (χ1n) is 9.11. The van der Waals surface area contributed by atoms with Crippen molar-refractivity contribution >= 4 is 5.65 Å². The number of ether oxygens (including phenoxy) is 2. The van der Waals surface area contributed by atoms with Crippen LogP contribution in [0.2, 0.25) is 0 Å². The van der Waals surface area contributed by atoms with Gasteiger partial charge < -0.3 is 9.47 Å². The highest BCUT2D eigenvalue weighted by Crippen LogP contribution is 2.27. The fourth-order valence-corrected chi connectivity index (χ4v) is 2.97. The predicted molar refractivity (Wildman–Crippen MR) is 103 cm³/mol. The molecule has 1 aromatic carbocycles. The summed E-state index contributed by atoms with van der Waals surface area (Å²) >= 11 is 0. The Hall–Kier alpha value is -3.46. The zero-order chi connectivity index (χ0) is 21.1. The van der Waals surface area contributed by atoms with E-state index < -0.39 is 6.36 Å². The minimum absolute atomic E-state index is 0.270. The molecule has 0 aliphatic carbocycles. The van der Waals surface area contributed by atoms with Crippen LogP contribution in [0, 0.1) is 0 Å². The smallest absolute Gasteiger partial charge is 0.406 e. The zero-order valence-electron chi connectivity index (χ0n) is 15.9. The first-order valence-corrected chi connectivity index (χ1v) is 9.11. The normalized spacial score (nSPS) is 12.8. The number of hydrogen-bond acceptors (Lipinski definition) is 5. The van der Waals surface area contributed by atoms with Crippen LogP contribution < -0.4 is 4.74 Å². The van der Waals surface area contributed by atoms with Gasteiger partial charge in [0.25, 0.3) is 0 Å². The van der Waals surface area contributed by atoms with E-state index in [-0.39, 0.29) is 11.9 Å². The Kier molecular flexibility index (Phi) is 5.37. The van der Waals surface area contributed by atoms with E-state index in [1.807, 2.05) is 37.4 Å². The molecule has 0 aliphatic rings. The number of aromatic nitrogens is 4. The van der Waals surface area contributed by atoms with Gasteiger partial charge in [0.2, 0.25) is 0 Å². The van der Waals surface area contributed by atoms with Crippen molar-refractivity contribution in [3.63, 3.8) is 0 Å². The lowest BCUT2D eigenvalue weighted by Gasteiger charge is -2.12. The molecule has 3 heterocycles. The molecule has 4 aromatic rings. The van der Waals surface area contributed by atoms with Gasteiger partial charge in [-0.05, 0) is 54.4 Å². The van der Waals surface area contributed by atoms with Crippen molar-refractivity contribution in [1.29, 1.82) is 0 Å². The monoisotopic (exact) mass is 414 g/mol. The van der Waals surface area contributed by atoms with Gasteiger partial charge >= 0.3 is 6.36 Å². The molecule has 0 fully saturated rings. The maximum absolute atomic E-state index is 12.3. The van der Waals surface area contributed by atoms with E-state index >= 15 is 0 Å². The number of rotatable bonds is 6. The number of hydrogen-bond donors (Lipinski definition) is 0. The van der Waals surface area contributed by atoms with Crippen LogP contribution in [-0.4, -0.2) is 25.9 Å². The molecule has 0 amide bonds. The number of fused-ring (bicyclic) bond motifs is 1. The second-order valence-corrected chi connectivity index (χ2v) is 6.55. The predicted octanol–water partition coefficient (Wildman–Crippen LogP) is 4.97. The molecular formula is C21H17F3N4O2. The molecule has 3 aromatic heterocycles. The van der Waals surface area contributed by atoms with Crippen molar-refractivity contribution in [3.8, 4) is 16.9 Å². The van der Waals surface area contributed by atoms with E-state index in [1.165, 1.54) is 12.1 Å². The first kappa shape index (κ1) is 19.8. The van der Waals surface area contributed by atoms with E-state index in [9.17, 15) is 13.2 Å². The number of halogens is 3. The topological polar surface area (TPSA) is 61.5 Å². The van der Waals surface area contributed by atoms with Gasteiger partial charge in [-0.3, -0.25) is 9.38 Å². The third-order valence-corrected chi connectivity index (χ3v) is 4.42. The standard InChI is InChI=1S/C21H17F3N4O2/c1-14(29-13-17-4-2-3-11-25-17)20-27-26-19-10-7-16(12-28(19)20)15-5-8-18(9-6-15)30-21(22,23)24/h2-12,14H,13H2,1H3. The Balaban J connectivity index is 1.55. The summed E-state index contributed by atoms with van der Waals surface area (Å²) in [4.78, 5) is 4.23. The Morgan fingerprint density at radius 2 is 1.73 bits per heavy atom. The van der Waals surface area contributed by atoms with Crippen LogP contribution in [0.3, 0.4) is 0 Å². The van der Waals surface area contributed by atoms with Gasteiger partial charge in [0.1, 0.15) is 11.9 Å². The summed E-state index contributed by atoms with van der Waals surface area (Å²) in [6.07, 6.45) is -1.54. The molecule has 1 atom stereocenters. The average molecular weight is 414 g/mol. The third-order valence-electron chi connectivity index (χ3n) is 4.42. The van der Waals surface area contributed by atoms with Crippen LogP contribution in [0.4, 0.5) is 13.2 Å². The maximum atomic E-state index is 12.3. The first-order chi connectivity index (χ1) is 14.4. The van der Waals surface area contributed by atoms with E-state index in [4.69, 9.17) is 4.74 Å². The number of alkyl halides is 3. The van der Waals surface area contributed by atoms with Crippen molar-refractivity contribution in [2.45, 2.75) is 26.0 Å². The molecule has 1 unspecified atom stereocenters. The van der Waals surface area contributed by atoms with Crippen molar-refractivity contribution in [2.75, 3.05) is 0 Å². The molecule has 9 heteroatoms. The molecule has 4 rings (SSSR count). The summed E-state index contributed by atoms with van der Waals surface area (Å²) in [6, 6.07) is 14.9. The average Bonchev–Trinajstić information content (AvgIpc) is 3.15. The van der Waals surface area contributed by atoms with Gasteiger partial charge in [-0.2, -0.15) is 0 Å². The number of pyridine rings is 2. The van der Waals surface area contributed by atoms with Crippen LogP contribution in [0.1, 0.15) is 24.5 Å². The van der Waals surface area contributed by atoms with Crippen LogP contribution >= 0.6 is 0 Å². The van der Waals surface area contributed by atoms with Gasteiger partial charge in [0.15, 0.2) is 11.5 Å². The van der Waals surface area contributed by atoms with Gasteiger partial charge in [-0.15, -0.1) is 23.4 Å². The lowest BCUT2D eigenvalue weighted by molar-refractivity contribution is -0.274. The molecule has 0 N–H and O–H groups in total. The van der Waals surface area contributed by atoms with Crippen molar-refractivity contribution in [1.82, 2.24) is 19.6 Å². The second-order valence-electron chi connectivity index (χ2n) is 6.55. The summed E-state index contributed by atoms with van der Waals surface area (Å²) in [5.41, 5.74) is 2.96. The molecule has 30 heavy (non-hydrogen) atoms. The molecule has 0 saturated heterocycles. The fraction of sp³-hybridized carbons (Fsp3) is 0.190. The van der Waals surface area contributed by atoms with E-state index in [1.54, 1.807) is 28.8 Å². The lowest BCUT2D eigenvalue weighted by Crippen LogP contribution is -2.16. The van der Waals surface area contributed by atoms with E-state index in [0.29, 0.717) is 18.1 Å². The minimum atomic E-state index is -4.72. The van der Waals surface area contributed by atoms with Crippen molar-refractivity contribution < 1.29 is 22.6 Å². The van der Waals surface area contributed by atoms with Crippen molar-refractivity contribution in [2.24, 2.45) is 0 Å². The molecule has 0 spiro atoms. The summed E-state index contributed by atoms with van der Waals surface area (Å²) in [5, 5.41) is 8.38. The minimum Gasteiger partial charge on any atom is -0.406 e. The summed E-state index contributed by atoms with van der Waals surface area (Å²) in [5.74, 6) is 0.341. The number of nitrogens with zero attached hydrogens (tertiary/aromatic N) is 4. The molecular weight excluding hydrogens is 397 g/mol. The van der Waals surface area contributed by atoms with Gasteiger partial charge in [0, 0.05) is 12.4 Å². The Labute approximate surface area is 169 Å². The fourth-order valence-electron chi connectivity index (χ4n) is 2.97. The highest BCUT2D eigenvalue weighted by Gasteiger charge is 2.31. The maximum Gasteiger partial charge on any atom is 0.573 e. The summed E-state index contributed by atoms with van der Waals surface area (Å²) < 4.78 is 48.6. The lowest BCUT2D eigenvalue weighted by atomic mass is 10.1. The molecule has 6 nitrogen and oxygen atoms in total. The van der Waals surface area contributed by atoms with E-state index in [2.05, 4.69) is 19.9 Å². The molecule has 0 radical (unpaired) electrons. The molecule has 154 valence electrons. The Morgan fingerprint density at radius 3 is 2.43 bits per heavy atom. The Bertz CT molecular complexity index is 1130. The summed E-state index contributed by atoms with van der Waals surface area (Å²) in [6.45, 7) is 2.20. The van der Waals surface area contributed by atoms with Gasteiger partial charge in [-0.25, -0.2) is 0 Å². The summed E-state index contributed by atoms with van der Waals surface area (Å²) in [7, 11) is 0. The van der Waals surface area contributed by atoms with Crippen LogP contribution in [0.5, 0.6) is 5.75 Å². The number of benzene rings is 1. The largest absolute Gasteiger partial charge is 0.573 e. The van der Waals surface area contributed by atoms with Crippen molar-refractivity contribution in [3.05, 3.63) is 78.5 Å². The highest BCUT2D eigenvalue weighted by molar-refractivity contribution is 5.65. The Morgan fingerprint density at radius 1 is 0.967 bits per heavy atom. The van der Waals surface area contributed by atoms with Crippen LogP contribution in [0.15, 0.2) is 67.0 Å². The SMILES string of the molecule is CC(OCc1ccccn1)c1nnc2ccc(-c3ccc(OC(F)(F)F)cc3)cn12. The second kappa shape index (κ2) is 8.11. The van der Waals surface area contributed by atoms with E-state index in [0.717, 1.165) is 16.8 Å². The molecule has 0 bridgehead atoms. The van der Waals surface area contributed by atoms with Crippen LogP contribution in [0.25, 0.3) is 16.8 Å². The van der Waals surface area contributed by atoms with Crippen LogP contribution in [-0.2, 0) is 11.3 Å². The third kappa shape index (κ3) is 4.57. The highest BCUT2D eigenvalue weighted by atomic mass is 19.4. The van der Waals surface area contributed by atoms with Gasteiger partial charge in [0.05, 0.1) is 12.3 Å². The zero-order valence-corrected chi connectivity index (χ0v) is 15.9.